The molecule has 3 N–H and O–H groups in total. The van der Waals surface area contributed by atoms with Gasteiger partial charge in [-0.3, -0.25) is 0 Å². The lowest BCUT2D eigenvalue weighted by molar-refractivity contribution is -0.391. The summed E-state index contributed by atoms with van der Waals surface area (Å²) in [5.41, 5.74) is 0.00909. The Morgan fingerprint density at radius 3 is 2.37 bits per heavy atom. The van der Waals surface area contributed by atoms with Gasteiger partial charge in [-0.25, -0.2) is 14.8 Å². The average molecular weight is 600 g/mol. The topological polar surface area (TPSA) is 228 Å². The quantitative estimate of drug-likeness (QED) is 0.172. The molecule has 2 aromatic heterocycles. The third-order valence-electron chi connectivity index (χ3n) is 6.78. The molecule has 2 aliphatic rings. The number of esters is 1. The minimum atomic E-state index is -1.58. The van der Waals surface area contributed by atoms with E-state index in [0.29, 0.717) is 17.2 Å². The van der Waals surface area contributed by atoms with Gasteiger partial charge in [0.25, 0.3) is 5.70 Å². The van der Waals surface area contributed by atoms with E-state index in [4.69, 9.17) is 18.9 Å². The van der Waals surface area contributed by atoms with Gasteiger partial charge in [-0.05, 0) is 9.85 Å². The van der Waals surface area contributed by atoms with Crippen molar-refractivity contribution >= 4 is 34.7 Å². The Morgan fingerprint density at radius 1 is 1.09 bits per heavy atom. The Labute approximate surface area is 241 Å². The van der Waals surface area contributed by atoms with Crippen molar-refractivity contribution in [2.75, 3.05) is 26.1 Å². The Bertz CT molecular complexity index is 1700. The first kappa shape index (κ1) is 29.0. The van der Waals surface area contributed by atoms with Gasteiger partial charge in [0.05, 0.1) is 26.5 Å². The van der Waals surface area contributed by atoms with Crippen molar-refractivity contribution in [3.8, 4) is 11.5 Å². The van der Waals surface area contributed by atoms with Gasteiger partial charge in [-0.15, -0.1) is 0 Å². The molecule has 0 aliphatic carbocycles. The van der Waals surface area contributed by atoms with Gasteiger partial charge in [-0.1, -0.05) is 0 Å². The van der Waals surface area contributed by atoms with Crippen LogP contribution in [0.2, 0.25) is 0 Å². The first-order valence-electron chi connectivity index (χ1n) is 12.5. The molecular formula is C25H25N7O11. The minimum Gasteiger partial charge on any atom is -0.505 e. The van der Waals surface area contributed by atoms with E-state index in [0.717, 1.165) is 15.3 Å². The van der Waals surface area contributed by atoms with Crippen LogP contribution >= 0.6 is 0 Å². The van der Waals surface area contributed by atoms with Gasteiger partial charge in [-0.2, -0.15) is 9.13 Å². The number of cyclic esters (lactones) is 1. The number of aliphatic hydroxyl groups excluding tert-OH is 2. The van der Waals surface area contributed by atoms with Crippen molar-refractivity contribution in [1.82, 2.24) is 19.1 Å². The number of methoxy groups -OCH3 is 2. The van der Waals surface area contributed by atoms with Gasteiger partial charge in [0.15, 0.2) is 29.2 Å². The first-order chi connectivity index (χ1) is 20.4. The predicted molar refractivity (Wildman–Crippen MR) is 145 cm³/mol. The van der Waals surface area contributed by atoms with Gasteiger partial charge in [0.1, 0.15) is 23.4 Å². The van der Waals surface area contributed by atoms with Crippen LogP contribution in [0, 0.1) is 34.1 Å². The number of ether oxygens (including phenoxy) is 4. The SMILES string of the molecule is COc1cc(NC2=C(n3c(C)nc(CC4OC(=O)C(n5c([N+](=O)[O-])cnc5C)=C4O)c3[N+](=O)[O-])C(O)OC2)cc(OC)c1. The molecule has 3 aromatic rings. The number of rotatable bonds is 10. The summed E-state index contributed by atoms with van der Waals surface area (Å²) in [5.74, 6) is -1.90. The average Bonchev–Trinajstić information content (AvgIpc) is 3.67. The molecule has 18 nitrogen and oxygen atoms in total. The summed E-state index contributed by atoms with van der Waals surface area (Å²) in [6.07, 6.45) is -2.58. The third kappa shape index (κ3) is 5.08. The number of aromatic nitrogens is 4. The number of carbonyl (C=O) groups is 1. The zero-order valence-corrected chi connectivity index (χ0v) is 23.1. The summed E-state index contributed by atoms with van der Waals surface area (Å²) < 4.78 is 23.1. The van der Waals surface area contributed by atoms with Crippen LogP contribution in [0.3, 0.4) is 0 Å². The summed E-state index contributed by atoms with van der Waals surface area (Å²) in [5, 5.41) is 48.5. The number of carbonyl (C=O) groups excluding carboxylic acids is 1. The lowest BCUT2D eigenvalue weighted by Gasteiger charge is -2.13. The molecule has 0 saturated carbocycles. The number of hydrogen-bond donors (Lipinski definition) is 3. The van der Waals surface area contributed by atoms with Crippen molar-refractivity contribution in [1.29, 1.82) is 0 Å². The molecule has 226 valence electrons. The van der Waals surface area contributed by atoms with Gasteiger partial charge in [0.2, 0.25) is 6.29 Å². The maximum atomic E-state index is 12.7. The minimum absolute atomic E-state index is 0.0155. The van der Waals surface area contributed by atoms with Gasteiger partial charge >= 0.3 is 17.6 Å². The van der Waals surface area contributed by atoms with Crippen molar-refractivity contribution in [3.63, 3.8) is 0 Å². The Morgan fingerprint density at radius 2 is 1.77 bits per heavy atom. The van der Waals surface area contributed by atoms with Crippen LogP contribution in [0.4, 0.5) is 17.3 Å². The van der Waals surface area contributed by atoms with E-state index in [-0.39, 0.29) is 35.3 Å². The molecule has 4 heterocycles. The third-order valence-corrected chi connectivity index (χ3v) is 6.78. The highest BCUT2D eigenvalue weighted by molar-refractivity contribution is 6.13. The van der Waals surface area contributed by atoms with Crippen molar-refractivity contribution in [3.05, 3.63) is 73.4 Å². The molecule has 2 unspecified atom stereocenters. The number of benzene rings is 1. The Kier molecular flexibility index (Phi) is 7.47. The fraction of sp³-hybridized carbons (Fsp3) is 0.320. The van der Waals surface area contributed by atoms with Crippen LogP contribution in [0.1, 0.15) is 17.3 Å². The summed E-state index contributed by atoms with van der Waals surface area (Å²) in [6.45, 7) is 2.71. The Balaban J connectivity index is 1.55. The van der Waals surface area contributed by atoms with E-state index in [1.165, 1.54) is 28.1 Å². The molecule has 1 aromatic carbocycles. The van der Waals surface area contributed by atoms with Crippen molar-refractivity contribution < 1.29 is 43.8 Å². The first-order valence-corrected chi connectivity index (χ1v) is 12.5. The summed E-state index contributed by atoms with van der Waals surface area (Å²) in [4.78, 5) is 43.1. The van der Waals surface area contributed by atoms with E-state index in [9.17, 15) is 35.2 Å². The molecule has 0 bridgehead atoms. The second kappa shape index (κ2) is 11.1. The number of aryl methyl sites for hydroxylation is 2. The zero-order valence-electron chi connectivity index (χ0n) is 23.1. The van der Waals surface area contributed by atoms with Crippen LogP contribution in [-0.2, 0) is 20.7 Å². The van der Waals surface area contributed by atoms with Gasteiger partial charge in [0, 0.05) is 44.2 Å². The van der Waals surface area contributed by atoms with E-state index in [1.54, 1.807) is 18.2 Å². The lowest BCUT2D eigenvalue weighted by atomic mass is 10.1. The number of hydrogen-bond acceptors (Lipinski definition) is 14. The molecule has 18 heteroatoms. The van der Waals surface area contributed by atoms with Gasteiger partial charge < -0.3 is 54.7 Å². The van der Waals surface area contributed by atoms with Crippen molar-refractivity contribution in [2.45, 2.75) is 32.7 Å². The number of anilines is 1. The predicted octanol–water partition coefficient (Wildman–Crippen LogP) is 2.05. The largest absolute Gasteiger partial charge is 0.505 e. The highest BCUT2D eigenvalue weighted by Crippen LogP contribution is 2.37. The molecular weight excluding hydrogens is 574 g/mol. The summed E-state index contributed by atoms with van der Waals surface area (Å²) in [6, 6.07) is 4.94. The number of nitro groups is 2. The molecule has 2 atom stereocenters. The second-order valence-electron chi connectivity index (χ2n) is 9.36. The Hall–Kier alpha value is -5.49. The maximum Gasteiger partial charge on any atom is 0.383 e. The molecule has 43 heavy (non-hydrogen) atoms. The van der Waals surface area contributed by atoms with E-state index in [2.05, 4.69) is 15.3 Å². The fourth-order valence-electron chi connectivity index (χ4n) is 4.91. The smallest absolute Gasteiger partial charge is 0.383 e. The zero-order chi connectivity index (χ0) is 31.2. The van der Waals surface area contributed by atoms with Crippen LogP contribution in [0.25, 0.3) is 11.4 Å². The highest BCUT2D eigenvalue weighted by Gasteiger charge is 2.44. The molecule has 0 fully saturated rings. The standard InChI is InChI=1S/C25H25N7O11/c1-11-26-9-19(31(36)37)29(11)21-22(33)18(43-25(21)35)8-16-23(32(38)39)30(12(2)27-16)20-17(10-42-24(20)34)28-13-5-14(40-3)7-15(6-13)41-4/h5-7,9,18,24,28,33-34H,8,10H2,1-4H3. The number of nitrogens with one attached hydrogen (secondary N) is 1. The molecule has 0 saturated heterocycles. The van der Waals surface area contributed by atoms with Crippen LogP contribution in [-0.4, -0.2) is 78.4 Å². The number of nitrogens with zero attached hydrogens (tertiary/aromatic N) is 6. The van der Waals surface area contributed by atoms with Crippen LogP contribution < -0.4 is 14.8 Å². The molecule has 0 radical (unpaired) electrons. The molecule has 0 spiro atoms. The van der Waals surface area contributed by atoms with E-state index in [1.807, 2.05) is 0 Å². The van der Waals surface area contributed by atoms with E-state index < -0.39 is 57.7 Å². The summed E-state index contributed by atoms with van der Waals surface area (Å²) in [7, 11) is 2.95. The van der Waals surface area contributed by atoms with E-state index >= 15 is 0 Å². The van der Waals surface area contributed by atoms with Crippen LogP contribution in [0.15, 0.2) is 35.9 Å². The molecule has 5 rings (SSSR count). The normalized spacial score (nSPS) is 18.3. The summed E-state index contributed by atoms with van der Waals surface area (Å²) >= 11 is 0. The highest BCUT2D eigenvalue weighted by atomic mass is 16.6. The maximum absolute atomic E-state index is 12.7. The fourth-order valence-corrected chi connectivity index (χ4v) is 4.91. The van der Waals surface area contributed by atoms with Crippen LogP contribution in [0.5, 0.6) is 11.5 Å². The number of imidazole rings is 2. The molecule has 0 amide bonds. The van der Waals surface area contributed by atoms with Crippen molar-refractivity contribution in [2.24, 2.45) is 0 Å². The number of aliphatic hydroxyl groups is 2. The monoisotopic (exact) mass is 599 g/mol. The molecule has 2 aliphatic heterocycles. The second-order valence-corrected chi connectivity index (χ2v) is 9.36. The lowest BCUT2D eigenvalue weighted by Crippen LogP contribution is -2.18.